The summed E-state index contributed by atoms with van der Waals surface area (Å²) in [5.41, 5.74) is -1.06. The minimum Gasteiger partial charge on any atom is -0.479 e. The molecule has 1 rings (SSSR count). The van der Waals surface area contributed by atoms with Gasteiger partial charge in [0.2, 0.25) is 5.91 Å². The Kier molecular flexibility index (Phi) is 5.71. The van der Waals surface area contributed by atoms with Crippen LogP contribution in [0.15, 0.2) is 30.3 Å². The average Bonchev–Trinajstić information content (AvgIpc) is 2.44. The number of carboxylic acids is 1. The van der Waals surface area contributed by atoms with Gasteiger partial charge in [0.25, 0.3) is 0 Å². The molecule has 4 N–H and O–H groups in total. The first-order chi connectivity index (χ1) is 9.86. The van der Waals surface area contributed by atoms with E-state index in [1.165, 1.54) is 13.8 Å². The van der Waals surface area contributed by atoms with E-state index in [1.54, 1.807) is 30.3 Å². The van der Waals surface area contributed by atoms with E-state index in [1.807, 2.05) is 0 Å². The lowest BCUT2D eigenvalue weighted by atomic mass is 9.92. The highest BCUT2D eigenvalue weighted by Crippen LogP contribution is 2.20. The molecule has 0 fully saturated rings. The normalized spacial score (nSPS) is 12.9. The van der Waals surface area contributed by atoms with E-state index in [9.17, 15) is 19.5 Å². The molecule has 1 unspecified atom stereocenters. The second-order valence-electron chi connectivity index (χ2n) is 4.66. The average molecular weight is 293 g/mol. The van der Waals surface area contributed by atoms with Gasteiger partial charge < -0.3 is 21.1 Å². The maximum atomic E-state index is 11.8. The molecule has 0 radical (unpaired) electrons. The smallest absolute Gasteiger partial charge is 0.333 e. The Morgan fingerprint density at radius 2 is 1.67 bits per heavy atom. The molecule has 0 heterocycles. The van der Waals surface area contributed by atoms with E-state index in [4.69, 9.17) is 0 Å². The monoisotopic (exact) mass is 293 g/mol. The summed E-state index contributed by atoms with van der Waals surface area (Å²) in [6.07, 6.45) is 0. The van der Waals surface area contributed by atoms with Gasteiger partial charge in [0.1, 0.15) is 0 Å². The van der Waals surface area contributed by atoms with Crippen molar-refractivity contribution in [2.24, 2.45) is 0 Å². The molecular weight excluding hydrogens is 274 g/mol. The third-order valence-corrected chi connectivity index (χ3v) is 2.93. The van der Waals surface area contributed by atoms with Crippen molar-refractivity contribution < 1.29 is 19.5 Å². The number of nitrogens with one attached hydrogen (secondary N) is 3. The molecule has 7 heteroatoms. The van der Waals surface area contributed by atoms with Crippen molar-refractivity contribution in [1.29, 1.82) is 0 Å². The maximum Gasteiger partial charge on any atom is 0.333 e. The lowest BCUT2D eigenvalue weighted by molar-refractivity contribution is -0.144. The van der Waals surface area contributed by atoms with E-state index in [-0.39, 0.29) is 19.0 Å². The van der Waals surface area contributed by atoms with E-state index in [0.29, 0.717) is 5.56 Å². The SMILES string of the molecule is CC(=O)NCCNC(=O)NC(C)(C(=O)O)c1ccccc1. The number of amides is 3. The van der Waals surface area contributed by atoms with Crippen LogP contribution in [0.4, 0.5) is 4.79 Å². The van der Waals surface area contributed by atoms with Crippen LogP contribution in [0.1, 0.15) is 19.4 Å². The lowest BCUT2D eigenvalue weighted by Crippen LogP contribution is -2.53. The van der Waals surface area contributed by atoms with Crippen LogP contribution in [0.25, 0.3) is 0 Å². The molecule has 0 aliphatic carbocycles. The van der Waals surface area contributed by atoms with Crippen LogP contribution in [0.5, 0.6) is 0 Å². The number of carbonyl (C=O) groups excluding carboxylic acids is 2. The third kappa shape index (κ3) is 4.79. The van der Waals surface area contributed by atoms with Gasteiger partial charge in [-0.2, -0.15) is 0 Å². The lowest BCUT2D eigenvalue weighted by Gasteiger charge is -2.26. The van der Waals surface area contributed by atoms with Gasteiger partial charge in [-0.1, -0.05) is 30.3 Å². The highest BCUT2D eigenvalue weighted by Gasteiger charge is 2.36. The minimum absolute atomic E-state index is 0.197. The molecule has 21 heavy (non-hydrogen) atoms. The molecule has 1 atom stereocenters. The first-order valence-corrected chi connectivity index (χ1v) is 6.45. The van der Waals surface area contributed by atoms with Gasteiger partial charge in [-0.05, 0) is 12.5 Å². The van der Waals surface area contributed by atoms with Crippen LogP contribution < -0.4 is 16.0 Å². The Labute approximate surface area is 122 Å². The molecule has 3 amide bonds. The number of urea groups is 1. The Hall–Kier alpha value is -2.57. The van der Waals surface area contributed by atoms with Gasteiger partial charge in [0.05, 0.1) is 0 Å². The van der Waals surface area contributed by atoms with E-state index in [2.05, 4.69) is 16.0 Å². The van der Waals surface area contributed by atoms with Crippen molar-refractivity contribution in [2.45, 2.75) is 19.4 Å². The van der Waals surface area contributed by atoms with Crippen LogP contribution in [0, 0.1) is 0 Å². The van der Waals surface area contributed by atoms with E-state index in [0.717, 1.165) is 0 Å². The number of hydrogen-bond acceptors (Lipinski definition) is 3. The zero-order valence-corrected chi connectivity index (χ0v) is 12.0. The summed E-state index contributed by atoms with van der Waals surface area (Å²) < 4.78 is 0. The molecule has 0 saturated carbocycles. The van der Waals surface area contributed by atoms with Crippen molar-refractivity contribution in [3.63, 3.8) is 0 Å². The van der Waals surface area contributed by atoms with Crippen molar-refractivity contribution in [2.75, 3.05) is 13.1 Å². The highest BCUT2D eigenvalue weighted by atomic mass is 16.4. The summed E-state index contributed by atoms with van der Waals surface area (Å²) in [6, 6.07) is 7.81. The fourth-order valence-electron chi connectivity index (χ4n) is 1.71. The summed E-state index contributed by atoms with van der Waals surface area (Å²) in [4.78, 5) is 33.9. The molecule has 0 aliphatic rings. The maximum absolute atomic E-state index is 11.8. The zero-order chi connectivity index (χ0) is 15.9. The van der Waals surface area contributed by atoms with Gasteiger partial charge in [-0.25, -0.2) is 9.59 Å². The van der Waals surface area contributed by atoms with Crippen LogP contribution in [0.3, 0.4) is 0 Å². The van der Waals surface area contributed by atoms with Crippen LogP contribution in [0.2, 0.25) is 0 Å². The zero-order valence-electron chi connectivity index (χ0n) is 12.0. The van der Waals surface area contributed by atoms with Gasteiger partial charge in [-0.15, -0.1) is 0 Å². The molecule has 0 bridgehead atoms. The molecule has 7 nitrogen and oxygen atoms in total. The first kappa shape index (κ1) is 16.5. The molecule has 1 aromatic rings. The molecule has 1 aromatic carbocycles. The number of carboxylic acid groups (broad SMARTS) is 1. The second-order valence-corrected chi connectivity index (χ2v) is 4.66. The number of rotatable bonds is 6. The van der Waals surface area contributed by atoms with Crippen molar-refractivity contribution >= 4 is 17.9 Å². The predicted octanol–water partition coefficient (Wildman–Crippen LogP) is 0.422. The van der Waals surface area contributed by atoms with Crippen molar-refractivity contribution in [3.8, 4) is 0 Å². The minimum atomic E-state index is -1.53. The van der Waals surface area contributed by atoms with Gasteiger partial charge in [-0.3, -0.25) is 4.79 Å². The van der Waals surface area contributed by atoms with Crippen LogP contribution >= 0.6 is 0 Å². The van der Waals surface area contributed by atoms with Crippen molar-refractivity contribution in [1.82, 2.24) is 16.0 Å². The van der Waals surface area contributed by atoms with Crippen LogP contribution in [-0.4, -0.2) is 36.1 Å². The fourth-order valence-corrected chi connectivity index (χ4v) is 1.71. The summed E-state index contributed by atoms with van der Waals surface area (Å²) in [6.45, 7) is 3.27. The molecule has 0 aliphatic heterocycles. The Morgan fingerprint density at radius 1 is 1.10 bits per heavy atom. The number of aliphatic carboxylic acids is 1. The fraction of sp³-hybridized carbons (Fsp3) is 0.357. The van der Waals surface area contributed by atoms with E-state index >= 15 is 0 Å². The number of benzene rings is 1. The molecule has 114 valence electrons. The topological polar surface area (TPSA) is 108 Å². The molecule has 0 saturated heterocycles. The summed E-state index contributed by atoms with van der Waals surface area (Å²) >= 11 is 0. The molecule has 0 spiro atoms. The standard InChI is InChI=1S/C14H19N3O4/c1-10(18)15-8-9-16-13(21)17-14(2,12(19)20)11-6-4-3-5-7-11/h3-7H,8-9H2,1-2H3,(H,15,18)(H,19,20)(H2,16,17,21). The summed E-state index contributed by atoms with van der Waals surface area (Å²) in [5.74, 6) is -1.36. The highest BCUT2D eigenvalue weighted by molar-refractivity contribution is 5.87. The summed E-state index contributed by atoms with van der Waals surface area (Å²) in [7, 11) is 0. The number of carbonyl (C=O) groups is 3. The second kappa shape index (κ2) is 7.28. The molecular formula is C14H19N3O4. The van der Waals surface area contributed by atoms with Gasteiger partial charge in [0, 0.05) is 20.0 Å². The van der Waals surface area contributed by atoms with Crippen LogP contribution in [-0.2, 0) is 15.1 Å². The van der Waals surface area contributed by atoms with Crippen molar-refractivity contribution in [3.05, 3.63) is 35.9 Å². The Balaban J connectivity index is 2.65. The quantitative estimate of drug-likeness (QED) is 0.570. The summed E-state index contributed by atoms with van der Waals surface area (Å²) in [5, 5.41) is 16.8. The predicted molar refractivity (Wildman–Crippen MR) is 76.6 cm³/mol. The van der Waals surface area contributed by atoms with Gasteiger partial charge in [0.15, 0.2) is 5.54 Å². The van der Waals surface area contributed by atoms with E-state index < -0.39 is 17.5 Å². The third-order valence-electron chi connectivity index (χ3n) is 2.93. The Bertz CT molecular complexity index is 518. The van der Waals surface area contributed by atoms with Gasteiger partial charge >= 0.3 is 12.0 Å². The largest absolute Gasteiger partial charge is 0.479 e. The Morgan fingerprint density at radius 3 is 2.19 bits per heavy atom. The first-order valence-electron chi connectivity index (χ1n) is 6.45. The number of hydrogen-bond donors (Lipinski definition) is 4. The molecule has 0 aromatic heterocycles.